The second-order valence-corrected chi connectivity index (χ2v) is 8.24. The van der Waals surface area contributed by atoms with Crippen molar-refractivity contribution in [3.05, 3.63) is 99.0 Å². The molecular formula is C23H18BrNO2. The molecule has 3 aromatic rings. The van der Waals surface area contributed by atoms with Gasteiger partial charge in [-0.1, -0.05) is 52.3 Å². The first-order chi connectivity index (χ1) is 13.1. The molecule has 0 saturated carbocycles. The SMILES string of the molecule is O=C(O)c1ccc2c(c1)[C@@H]1c3ccccc3C[C@H]1[C@@H](c1ccc(Br)cc1)N2. The number of hydrogen-bond acceptors (Lipinski definition) is 2. The van der Waals surface area contributed by atoms with Crippen molar-refractivity contribution in [3.63, 3.8) is 0 Å². The van der Waals surface area contributed by atoms with Crippen LogP contribution in [0.25, 0.3) is 0 Å². The summed E-state index contributed by atoms with van der Waals surface area (Å²) in [4.78, 5) is 11.5. The first-order valence-corrected chi connectivity index (χ1v) is 9.88. The largest absolute Gasteiger partial charge is 0.478 e. The average molecular weight is 420 g/mol. The van der Waals surface area contributed by atoms with Gasteiger partial charge in [-0.05, 0) is 64.9 Å². The predicted molar refractivity (Wildman–Crippen MR) is 109 cm³/mol. The Morgan fingerprint density at radius 3 is 2.56 bits per heavy atom. The van der Waals surface area contributed by atoms with Crippen molar-refractivity contribution in [1.29, 1.82) is 0 Å². The maximum atomic E-state index is 11.5. The van der Waals surface area contributed by atoms with E-state index >= 15 is 0 Å². The van der Waals surface area contributed by atoms with Crippen LogP contribution in [0.2, 0.25) is 0 Å². The van der Waals surface area contributed by atoms with Crippen molar-refractivity contribution in [1.82, 2.24) is 0 Å². The lowest BCUT2D eigenvalue weighted by molar-refractivity contribution is 0.0696. The van der Waals surface area contributed by atoms with Crippen molar-refractivity contribution in [2.24, 2.45) is 5.92 Å². The van der Waals surface area contributed by atoms with E-state index in [4.69, 9.17) is 0 Å². The first-order valence-electron chi connectivity index (χ1n) is 9.09. The minimum atomic E-state index is -0.879. The Labute approximate surface area is 166 Å². The molecule has 0 spiro atoms. The Hall–Kier alpha value is -2.59. The van der Waals surface area contributed by atoms with Crippen LogP contribution in [0.3, 0.4) is 0 Å². The van der Waals surface area contributed by atoms with Crippen LogP contribution in [0.4, 0.5) is 5.69 Å². The molecule has 0 aromatic heterocycles. The van der Waals surface area contributed by atoms with Gasteiger partial charge >= 0.3 is 5.97 Å². The van der Waals surface area contributed by atoms with Crippen molar-refractivity contribution >= 4 is 27.6 Å². The predicted octanol–water partition coefficient (Wildman–Crippen LogP) is 5.62. The fourth-order valence-electron chi connectivity index (χ4n) is 4.69. The number of carboxylic acids is 1. The summed E-state index contributed by atoms with van der Waals surface area (Å²) < 4.78 is 1.07. The van der Waals surface area contributed by atoms with E-state index in [1.807, 2.05) is 12.1 Å². The normalized spacial score (nSPS) is 22.3. The number of nitrogens with one attached hydrogen (secondary N) is 1. The van der Waals surface area contributed by atoms with Gasteiger partial charge in [0.05, 0.1) is 11.6 Å². The number of benzene rings is 3. The highest BCUT2D eigenvalue weighted by Gasteiger charge is 2.43. The van der Waals surface area contributed by atoms with Gasteiger partial charge in [-0.3, -0.25) is 0 Å². The number of halogens is 1. The highest BCUT2D eigenvalue weighted by molar-refractivity contribution is 9.10. The summed E-state index contributed by atoms with van der Waals surface area (Å²) in [6.45, 7) is 0. The van der Waals surface area contributed by atoms with E-state index in [0.717, 1.165) is 22.1 Å². The Bertz CT molecular complexity index is 1040. The van der Waals surface area contributed by atoms with E-state index in [2.05, 4.69) is 69.8 Å². The molecule has 5 rings (SSSR count). The van der Waals surface area contributed by atoms with Gasteiger partial charge in [-0.2, -0.15) is 0 Å². The minimum Gasteiger partial charge on any atom is -0.478 e. The summed E-state index contributed by atoms with van der Waals surface area (Å²) in [7, 11) is 0. The number of anilines is 1. The molecule has 3 aromatic carbocycles. The summed E-state index contributed by atoms with van der Waals surface area (Å²) in [5.41, 5.74) is 6.43. The van der Waals surface area contributed by atoms with Crippen LogP contribution < -0.4 is 5.32 Å². The van der Waals surface area contributed by atoms with Gasteiger partial charge in [0.2, 0.25) is 0 Å². The molecule has 1 heterocycles. The topological polar surface area (TPSA) is 49.3 Å². The lowest BCUT2D eigenvalue weighted by Crippen LogP contribution is -2.30. The van der Waals surface area contributed by atoms with Crippen LogP contribution in [-0.2, 0) is 6.42 Å². The summed E-state index contributed by atoms with van der Waals surface area (Å²) in [5, 5.41) is 13.2. The third-order valence-corrected chi connectivity index (χ3v) is 6.40. The van der Waals surface area contributed by atoms with Crippen LogP contribution in [0, 0.1) is 5.92 Å². The standard InChI is InChI=1S/C23H18BrNO2/c24-16-8-5-13(6-9-16)22-19-11-14-3-1-2-4-17(14)21(19)18-12-15(23(26)27)7-10-20(18)25-22/h1-10,12,19,21-22,25H,11H2,(H,26,27)/t19-,21+,22-/m1/s1. The molecule has 4 heteroatoms. The summed E-state index contributed by atoms with van der Waals surface area (Å²) >= 11 is 3.52. The molecule has 3 atom stereocenters. The fourth-order valence-corrected chi connectivity index (χ4v) is 4.96. The van der Waals surface area contributed by atoms with Gasteiger partial charge in [0, 0.05) is 16.1 Å². The lowest BCUT2D eigenvalue weighted by Gasteiger charge is -2.38. The highest BCUT2D eigenvalue weighted by atomic mass is 79.9. The molecule has 134 valence electrons. The van der Waals surface area contributed by atoms with Gasteiger partial charge in [0.25, 0.3) is 0 Å². The molecule has 0 saturated heterocycles. The summed E-state index contributed by atoms with van der Waals surface area (Å²) in [6, 6.07) is 22.7. The number of aromatic carboxylic acids is 1. The number of carboxylic acid groups (broad SMARTS) is 1. The molecule has 0 radical (unpaired) electrons. The number of fused-ring (bicyclic) bond motifs is 5. The van der Waals surface area contributed by atoms with Gasteiger partial charge in [-0.25, -0.2) is 4.79 Å². The van der Waals surface area contributed by atoms with Gasteiger partial charge in [-0.15, -0.1) is 0 Å². The molecule has 2 aliphatic rings. The van der Waals surface area contributed by atoms with Crippen molar-refractivity contribution in [2.45, 2.75) is 18.4 Å². The third kappa shape index (κ3) is 2.67. The molecular weight excluding hydrogens is 402 g/mol. The van der Waals surface area contributed by atoms with E-state index in [1.165, 1.54) is 16.7 Å². The van der Waals surface area contributed by atoms with Crippen LogP contribution in [0.1, 0.15) is 44.6 Å². The second kappa shape index (κ2) is 6.24. The van der Waals surface area contributed by atoms with Crippen LogP contribution in [0.5, 0.6) is 0 Å². The second-order valence-electron chi connectivity index (χ2n) is 7.33. The van der Waals surface area contributed by atoms with E-state index in [9.17, 15) is 9.90 Å². The fraction of sp³-hybridized carbons (Fsp3) is 0.174. The zero-order chi connectivity index (χ0) is 18.5. The van der Waals surface area contributed by atoms with E-state index in [0.29, 0.717) is 11.5 Å². The van der Waals surface area contributed by atoms with Crippen molar-refractivity contribution < 1.29 is 9.90 Å². The Morgan fingerprint density at radius 1 is 1.00 bits per heavy atom. The van der Waals surface area contributed by atoms with E-state index < -0.39 is 5.97 Å². The van der Waals surface area contributed by atoms with Gasteiger partial charge in [0.15, 0.2) is 0 Å². The molecule has 27 heavy (non-hydrogen) atoms. The number of carbonyl (C=O) groups is 1. The summed E-state index contributed by atoms with van der Waals surface area (Å²) in [6.07, 6.45) is 0.991. The van der Waals surface area contributed by atoms with Crippen molar-refractivity contribution in [3.8, 4) is 0 Å². The van der Waals surface area contributed by atoms with Crippen LogP contribution in [-0.4, -0.2) is 11.1 Å². The average Bonchev–Trinajstić information content (AvgIpc) is 3.07. The Morgan fingerprint density at radius 2 is 1.78 bits per heavy atom. The van der Waals surface area contributed by atoms with Gasteiger partial charge in [0.1, 0.15) is 0 Å². The highest BCUT2D eigenvalue weighted by Crippen LogP contribution is 2.53. The zero-order valence-electron chi connectivity index (χ0n) is 14.5. The maximum Gasteiger partial charge on any atom is 0.335 e. The van der Waals surface area contributed by atoms with Crippen LogP contribution in [0.15, 0.2) is 71.2 Å². The molecule has 3 nitrogen and oxygen atoms in total. The monoisotopic (exact) mass is 419 g/mol. The first kappa shape index (κ1) is 16.6. The van der Waals surface area contributed by atoms with Crippen molar-refractivity contribution in [2.75, 3.05) is 5.32 Å². The molecule has 0 unspecified atom stereocenters. The molecule has 1 aliphatic heterocycles. The van der Waals surface area contributed by atoms with Gasteiger partial charge < -0.3 is 10.4 Å². The lowest BCUT2D eigenvalue weighted by atomic mass is 9.75. The minimum absolute atomic E-state index is 0.193. The molecule has 2 N–H and O–H groups in total. The molecule has 0 bridgehead atoms. The molecule has 0 fully saturated rings. The zero-order valence-corrected chi connectivity index (χ0v) is 16.1. The van der Waals surface area contributed by atoms with Crippen LogP contribution >= 0.6 is 15.9 Å². The quantitative estimate of drug-likeness (QED) is 0.566. The van der Waals surface area contributed by atoms with E-state index in [1.54, 1.807) is 6.07 Å². The maximum absolute atomic E-state index is 11.5. The molecule has 0 amide bonds. The smallest absolute Gasteiger partial charge is 0.335 e. The summed E-state index contributed by atoms with van der Waals surface area (Å²) in [5.74, 6) is -0.304. The third-order valence-electron chi connectivity index (χ3n) is 5.88. The number of rotatable bonds is 2. The Balaban J connectivity index is 1.68. The molecule has 1 aliphatic carbocycles. The van der Waals surface area contributed by atoms with E-state index in [-0.39, 0.29) is 12.0 Å². The number of hydrogen-bond donors (Lipinski definition) is 2. The Kier molecular flexibility index (Phi) is 3.83.